The summed E-state index contributed by atoms with van der Waals surface area (Å²) < 4.78 is 6.04. The van der Waals surface area contributed by atoms with Gasteiger partial charge in [0.1, 0.15) is 5.75 Å². The first-order valence-corrected chi connectivity index (χ1v) is 7.24. The Morgan fingerprint density at radius 3 is 2.47 bits per heavy atom. The van der Waals surface area contributed by atoms with Crippen molar-refractivity contribution in [3.63, 3.8) is 0 Å². The van der Waals surface area contributed by atoms with Crippen molar-refractivity contribution < 1.29 is 4.74 Å². The van der Waals surface area contributed by atoms with Gasteiger partial charge < -0.3 is 10.1 Å². The second-order valence-electron chi connectivity index (χ2n) is 6.76. The minimum absolute atomic E-state index is 0.318. The van der Waals surface area contributed by atoms with Crippen LogP contribution in [0, 0.1) is 12.3 Å². The number of hydrogen-bond donors (Lipinski definition) is 1. The molecule has 0 heterocycles. The molecular formula is C17H29NO. The Morgan fingerprint density at radius 2 is 1.89 bits per heavy atom. The van der Waals surface area contributed by atoms with Gasteiger partial charge in [0.2, 0.25) is 0 Å². The molecule has 1 aromatic carbocycles. The van der Waals surface area contributed by atoms with Crippen LogP contribution in [0.1, 0.15) is 52.2 Å². The molecule has 0 radical (unpaired) electrons. The minimum Gasteiger partial charge on any atom is -0.493 e. The van der Waals surface area contributed by atoms with Gasteiger partial charge in [-0.1, -0.05) is 52.8 Å². The predicted octanol–water partition coefficient (Wildman–Crippen LogP) is 4.31. The van der Waals surface area contributed by atoms with Crippen LogP contribution in [0.5, 0.6) is 5.75 Å². The maximum absolute atomic E-state index is 6.04. The topological polar surface area (TPSA) is 21.3 Å². The molecule has 0 aliphatic rings. The van der Waals surface area contributed by atoms with Gasteiger partial charge in [-0.15, -0.1) is 0 Å². The lowest BCUT2D eigenvalue weighted by molar-refractivity contribution is 0.240. The normalized spacial score (nSPS) is 11.9. The van der Waals surface area contributed by atoms with Crippen LogP contribution in [-0.4, -0.2) is 12.6 Å². The van der Waals surface area contributed by atoms with Gasteiger partial charge in [-0.2, -0.15) is 0 Å². The summed E-state index contributed by atoms with van der Waals surface area (Å²) in [5.74, 6) is 1.06. The van der Waals surface area contributed by atoms with Gasteiger partial charge in [-0.05, 0) is 24.3 Å². The lowest BCUT2D eigenvalue weighted by atomic mass is 9.93. The van der Waals surface area contributed by atoms with Gasteiger partial charge in [-0.25, -0.2) is 0 Å². The molecular weight excluding hydrogens is 234 g/mol. The van der Waals surface area contributed by atoms with Gasteiger partial charge in [-0.3, -0.25) is 0 Å². The van der Waals surface area contributed by atoms with Crippen LogP contribution in [0.3, 0.4) is 0 Å². The van der Waals surface area contributed by atoms with Crippen LogP contribution in [0.25, 0.3) is 0 Å². The lowest BCUT2D eigenvalue weighted by Gasteiger charge is -2.20. The molecule has 0 aromatic heterocycles. The summed E-state index contributed by atoms with van der Waals surface area (Å²) in [6, 6.07) is 6.85. The Kier molecular flexibility index (Phi) is 5.86. The number of nitrogens with one attached hydrogen (secondary N) is 1. The maximum atomic E-state index is 6.04. The van der Waals surface area contributed by atoms with Crippen LogP contribution < -0.4 is 10.1 Å². The van der Waals surface area contributed by atoms with E-state index >= 15 is 0 Å². The minimum atomic E-state index is 0.318. The average molecular weight is 263 g/mol. The van der Waals surface area contributed by atoms with Crippen LogP contribution in [-0.2, 0) is 6.54 Å². The molecule has 2 heteroatoms. The molecule has 0 spiro atoms. The fourth-order valence-corrected chi connectivity index (χ4v) is 1.83. The third-order valence-electron chi connectivity index (χ3n) is 3.09. The Hall–Kier alpha value is -1.02. The quantitative estimate of drug-likeness (QED) is 0.826. The summed E-state index contributed by atoms with van der Waals surface area (Å²) in [5, 5.41) is 3.46. The number of aryl methyl sites for hydroxylation is 1. The van der Waals surface area contributed by atoms with E-state index in [1.54, 1.807) is 0 Å². The van der Waals surface area contributed by atoms with Crippen molar-refractivity contribution >= 4 is 0 Å². The van der Waals surface area contributed by atoms with Crippen LogP contribution in [0.2, 0.25) is 0 Å². The Bertz CT molecular complexity index is 391. The second kappa shape index (κ2) is 6.95. The van der Waals surface area contributed by atoms with Crippen molar-refractivity contribution in [2.75, 3.05) is 6.61 Å². The summed E-state index contributed by atoms with van der Waals surface area (Å²) in [4.78, 5) is 0. The van der Waals surface area contributed by atoms with Crippen molar-refractivity contribution in [1.29, 1.82) is 0 Å². The Labute approximate surface area is 118 Å². The number of rotatable bonds is 6. The molecule has 108 valence electrons. The molecule has 2 nitrogen and oxygen atoms in total. The molecule has 0 saturated carbocycles. The first-order valence-electron chi connectivity index (χ1n) is 7.24. The van der Waals surface area contributed by atoms with Gasteiger partial charge >= 0.3 is 0 Å². The molecule has 1 aromatic rings. The van der Waals surface area contributed by atoms with Gasteiger partial charge in [0.05, 0.1) is 6.61 Å². The van der Waals surface area contributed by atoms with E-state index in [2.05, 4.69) is 65.1 Å². The molecule has 1 N–H and O–H groups in total. The van der Waals surface area contributed by atoms with Crippen molar-refractivity contribution in [3.05, 3.63) is 29.3 Å². The van der Waals surface area contributed by atoms with Gasteiger partial charge in [0, 0.05) is 18.2 Å². The van der Waals surface area contributed by atoms with E-state index in [-0.39, 0.29) is 0 Å². The number of benzene rings is 1. The molecule has 0 saturated heterocycles. The molecule has 1 rings (SSSR count). The van der Waals surface area contributed by atoms with E-state index in [0.717, 1.165) is 25.3 Å². The summed E-state index contributed by atoms with van der Waals surface area (Å²) >= 11 is 0. The monoisotopic (exact) mass is 263 g/mol. The zero-order valence-corrected chi connectivity index (χ0v) is 13.3. The lowest BCUT2D eigenvalue weighted by Crippen LogP contribution is -2.22. The van der Waals surface area contributed by atoms with E-state index in [1.165, 1.54) is 11.1 Å². The third-order valence-corrected chi connectivity index (χ3v) is 3.09. The van der Waals surface area contributed by atoms with E-state index in [9.17, 15) is 0 Å². The number of hydrogen-bond acceptors (Lipinski definition) is 2. The maximum Gasteiger partial charge on any atom is 0.126 e. The van der Waals surface area contributed by atoms with E-state index in [0.29, 0.717) is 11.5 Å². The Morgan fingerprint density at radius 1 is 1.21 bits per heavy atom. The zero-order chi connectivity index (χ0) is 14.5. The number of ether oxygens (including phenoxy) is 1. The first-order chi connectivity index (χ1) is 8.79. The Balaban J connectivity index is 2.69. The summed E-state index contributed by atoms with van der Waals surface area (Å²) in [6.45, 7) is 14.8. The average Bonchev–Trinajstić information content (AvgIpc) is 2.27. The van der Waals surface area contributed by atoms with Crippen molar-refractivity contribution in [2.45, 2.75) is 60.5 Å². The highest BCUT2D eigenvalue weighted by Crippen LogP contribution is 2.25. The summed E-state index contributed by atoms with van der Waals surface area (Å²) in [6.07, 6.45) is 1.07. The molecule has 0 bridgehead atoms. The largest absolute Gasteiger partial charge is 0.493 e. The SMILES string of the molecule is Cc1cccc(CNC(C)C)c1OCCC(C)(C)C. The van der Waals surface area contributed by atoms with E-state index in [4.69, 9.17) is 4.74 Å². The zero-order valence-electron chi connectivity index (χ0n) is 13.3. The molecule has 0 aliphatic heterocycles. The molecule has 19 heavy (non-hydrogen) atoms. The predicted molar refractivity (Wildman–Crippen MR) is 82.7 cm³/mol. The van der Waals surface area contributed by atoms with Crippen molar-refractivity contribution in [2.24, 2.45) is 5.41 Å². The molecule has 0 atom stereocenters. The fraction of sp³-hybridized carbons (Fsp3) is 0.647. The van der Waals surface area contributed by atoms with Crippen LogP contribution >= 0.6 is 0 Å². The summed E-state index contributed by atoms with van der Waals surface area (Å²) in [7, 11) is 0. The number of para-hydroxylation sites is 1. The van der Waals surface area contributed by atoms with Crippen LogP contribution in [0.15, 0.2) is 18.2 Å². The van der Waals surface area contributed by atoms with Crippen LogP contribution in [0.4, 0.5) is 0 Å². The fourth-order valence-electron chi connectivity index (χ4n) is 1.83. The standard InChI is InChI=1S/C17H29NO/c1-13(2)18-12-15-9-7-8-14(3)16(15)19-11-10-17(4,5)6/h7-9,13,18H,10-12H2,1-6H3. The summed E-state index contributed by atoms with van der Waals surface area (Å²) in [5.41, 5.74) is 2.79. The second-order valence-corrected chi connectivity index (χ2v) is 6.76. The highest BCUT2D eigenvalue weighted by Gasteiger charge is 2.12. The third kappa shape index (κ3) is 6.11. The highest BCUT2D eigenvalue weighted by molar-refractivity contribution is 5.40. The molecule has 0 aliphatic carbocycles. The first kappa shape index (κ1) is 16.0. The van der Waals surface area contributed by atoms with E-state index < -0.39 is 0 Å². The smallest absolute Gasteiger partial charge is 0.126 e. The van der Waals surface area contributed by atoms with E-state index in [1.807, 2.05) is 0 Å². The molecule has 0 amide bonds. The molecule has 0 unspecified atom stereocenters. The van der Waals surface area contributed by atoms with Gasteiger partial charge in [0.15, 0.2) is 0 Å². The van der Waals surface area contributed by atoms with Gasteiger partial charge in [0.25, 0.3) is 0 Å². The molecule has 0 fully saturated rings. The highest BCUT2D eigenvalue weighted by atomic mass is 16.5. The van der Waals surface area contributed by atoms with Crippen molar-refractivity contribution in [1.82, 2.24) is 5.32 Å². The van der Waals surface area contributed by atoms with Crippen molar-refractivity contribution in [3.8, 4) is 5.75 Å².